The van der Waals surface area contributed by atoms with Crippen molar-refractivity contribution in [1.29, 1.82) is 0 Å². The molecule has 1 fully saturated rings. The molecule has 3 nitrogen and oxygen atoms in total. The molecule has 0 aliphatic carbocycles. The van der Waals surface area contributed by atoms with Gasteiger partial charge in [-0.2, -0.15) is 0 Å². The minimum atomic E-state index is -0.341. The Morgan fingerprint density at radius 3 is 2.81 bits per heavy atom. The van der Waals surface area contributed by atoms with E-state index < -0.39 is 0 Å². The van der Waals surface area contributed by atoms with Crippen LogP contribution in [0.25, 0.3) is 0 Å². The van der Waals surface area contributed by atoms with E-state index in [1.54, 1.807) is 0 Å². The van der Waals surface area contributed by atoms with Gasteiger partial charge in [-0.1, -0.05) is 19.1 Å². The number of hydrogen-bond donors (Lipinski definition) is 0. The highest BCUT2D eigenvalue weighted by molar-refractivity contribution is 5.95. The molecule has 0 bridgehead atoms. The van der Waals surface area contributed by atoms with E-state index in [9.17, 15) is 4.79 Å². The minimum absolute atomic E-state index is 0.161. The summed E-state index contributed by atoms with van der Waals surface area (Å²) in [5.74, 6) is -0.161. The van der Waals surface area contributed by atoms with E-state index in [4.69, 9.17) is 4.74 Å². The van der Waals surface area contributed by atoms with Gasteiger partial charge in [-0.05, 0) is 25.1 Å². The standard InChI is InChI=1S/C13H15NO2/c1-3-9-4-5-10-11(6-9)13(16-12(10)15)7-14(2)8-13/h4-6H,3,7-8H2,1-2H3. The van der Waals surface area contributed by atoms with E-state index in [1.165, 1.54) is 5.56 Å². The maximum absolute atomic E-state index is 11.7. The van der Waals surface area contributed by atoms with Crippen LogP contribution >= 0.6 is 0 Å². The molecule has 3 rings (SSSR count). The molecule has 1 saturated heterocycles. The predicted molar refractivity (Wildman–Crippen MR) is 60.4 cm³/mol. The Morgan fingerprint density at radius 1 is 1.44 bits per heavy atom. The van der Waals surface area contributed by atoms with Crippen molar-refractivity contribution in [3.05, 3.63) is 34.9 Å². The minimum Gasteiger partial charge on any atom is -0.448 e. The van der Waals surface area contributed by atoms with Crippen molar-refractivity contribution in [1.82, 2.24) is 4.90 Å². The van der Waals surface area contributed by atoms with Crippen LogP contribution in [0.1, 0.15) is 28.4 Å². The van der Waals surface area contributed by atoms with Gasteiger partial charge in [0.1, 0.15) is 0 Å². The molecule has 0 amide bonds. The second-order valence-corrected chi connectivity index (χ2v) is 4.79. The third-order valence-electron chi connectivity index (χ3n) is 3.54. The SMILES string of the molecule is CCc1ccc2c(c1)C1(CN(C)C1)OC2=O. The third kappa shape index (κ3) is 1.15. The first-order chi connectivity index (χ1) is 7.64. The van der Waals surface area contributed by atoms with E-state index in [-0.39, 0.29) is 11.6 Å². The van der Waals surface area contributed by atoms with Crippen molar-refractivity contribution < 1.29 is 9.53 Å². The number of likely N-dealkylation sites (tertiary alicyclic amines) is 1. The van der Waals surface area contributed by atoms with Gasteiger partial charge in [0.05, 0.1) is 5.56 Å². The molecule has 0 unspecified atom stereocenters. The Hall–Kier alpha value is -1.35. The molecule has 16 heavy (non-hydrogen) atoms. The third-order valence-corrected chi connectivity index (χ3v) is 3.54. The largest absolute Gasteiger partial charge is 0.448 e. The van der Waals surface area contributed by atoms with E-state index in [0.29, 0.717) is 0 Å². The number of likely N-dealkylation sites (N-methyl/N-ethyl adjacent to an activating group) is 1. The summed E-state index contributed by atoms with van der Waals surface area (Å²) < 4.78 is 5.54. The molecule has 0 saturated carbocycles. The van der Waals surface area contributed by atoms with Crippen molar-refractivity contribution in [2.75, 3.05) is 20.1 Å². The van der Waals surface area contributed by atoms with Crippen molar-refractivity contribution in [2.45, 2.75) is 18.9 Å². The lowest BCUT2D eigenvalue weighted by Gasteiger charge is -2.44. The van der Waals surface area contributed by atoms with Crippen LogP contribution in [0, 0.1) is 0 Å². The van der Waals surface area contributed by atoms with Gasteiger partial charge >= 0.3 is 5.97 Å². The number of esters is 1. The number of ether oxygens (including phenoxy) is 1. The maximum atomic E-state index is 11.7. The van der Waals surface area contributed by atoms with Crippen LogP contribution in [-0.2, 0) is 16.8 Å². The fraction of sp³-hybridized carbons (Fsp3) is 0.462. The highest BCUT2D eigenvalue weighted by atomic mass is 16.6. The molecule has 3 heteroatoms. The van der Waals surface area contributed by atoms with Crippen molar-refractivity contribution in [2.24, 2.45) is 0 Å². The average molecular weight is 217 g/mol. The van der Waals surface area contributed by atoms with Gasteiger partial charge in [-0.25, -0.2) is 4.79 Å². The zero-order valence-corrected chi connectivity index (χ0v) is 9.62. The normalized spacial score (nSPS) is 21.8. The number of carbonyl (C=O) groups is 1. The van der Waals surface area contributed by atoms with Crippen molar-refractivity contribution in [3.8, 4) is 0 Å². The quantitative estimate of drug-likeness (QED) is 0.669. The number of rotatable bonds is 1. The zero-order chi connectivity index (χ0) is 11.3. The molecule has 1 spiro atoms. The first-order valence-corrected chi connectivity index (χ1v) is 5.70. The van der Waals surface area contributed by atoms with Crippen LogP contribution in [0.2, 0.25) is 0 Å². The lowest BCUT2D eigenvalue weighted by atomic mass is 9.84. The first kappa shape index (κ1) is 9.85. The maximum Gasteiger partial charge on any atom is 0.339 e. The smallest absolute Gasteiger partial charge is 0.339 e. The molecule has 2 aliphatic rings. The number of nitrogens with zero attached hydrogens (tertiary/aromatic N) is 1. The van der Waals surface area contributed by atoms with Crippen LogP contribution in [0.4, 0.5) is 0 Å². The molecule has 1 aromatic rings. The van der Waals surface area contributed by atoms with Crippen molar-refractivity contribution in [3.63, 3.8) is 0 Å². The second-order valence-electron chi connectivity index (χ2n) is 4.79. The molecule has 0 radical (unpaired) electrons. The molecule has 0 N–H and O–H groups in total. The van der Waals surface area contributed by atoms with Crippen LogP contribution < -0.4 is 0 Å². The van der Waals surface area contributed by atoms with Crippen LogP contribution in [0.3, 0.4) is 0 Å². The van der Waals surface area contributed by atoms with E-state index in [0.717, 1.165) is 30.6 Å². The first-order valence-electron chi connectivity index (χ1n) is 5.70. The van der Waals surface area contributed by atoms with E-state index in [1.807, 2.05) is 19.2 Å². The molecular formula is C13H15NO2. The number of benzene rings is 1. The fourth-order valence-corrected chi connectivity index (χ4v) is 2.71. The van der Waals surface area contributed by atoms with Gasteiger partial charge in [0, 0.05) is 18.7 Å². The summed E-state index contributed by atoms with van der Waals surface area (Å²) in [5.41, 5.74) is 2.78. The van der Waals surface area contributed by atoms with Crippen molar-refractivity contribution >= 4 is 5.97 Å². The predicted octanol–water partition coefficient (Wildman–Crippen LogP) is 1.56. The highest BCUT2D eigenvalue weighted by Gasteiger charge is 2.52. The summed E-state index contributed by atoms with van der Waals surface area (Å²) in [6, 6.07) is 6.05. The number of fused-ring (bicyclic) bond motifs is 2. The molecule has 2 aliphatic heterocycles. The number of hydrogen-bond acceptors (Lipinski definition) is 3. The van der Waals surface area contributed by atoms with Crippen LogP contribution in [-0.4, -0.2) is 31.0 Å². The summed E-state index contributed by atoms with van der Waals surface area (Å²) in [6.07, 6.45) is 0.993. The number of carbonyl (C=O) groups excluding carboxylic acids is 1. The van der Waals surface area contributed by atoms with Gasteiger partial charge in [-0.15, -0.1) is 0 Å². The lowest BCUT2D eigenvalue weighted by Crippen LogP contribution is -2.57. The van der Waals surface area contributed by atoms with Gasteiger partial charge in [0.2, 0.25) is 0 Å². The van der Waals surface area contributed by atoms with Gasteiger partial charge in [-0.3, -0.25) is 4.90 Å². The van der Waals surface area contributed by atoms with E-state index in [2.05, 4.69) is 17.9 Å². The Kier molecular flexibility index (Phi) is 1.89. The Labute approximate surface area is 95.0 Å². The second kappa shape index (κ2) is 3.08. The summed E-state index contributed by atoms with van der Waals surface area (Å²) in [5, 5.41) is 0. The zero-order valence-electron chi connectivity index (χ0n) is 9.62. The Balaban J connectivity index is 2.09. The molecule has 1 aromatic carbocycles. The molecule has 84 valence electrons. The van der Waals surface area contributed by atoms with Crippen LogP contribution in [0.15, 0.2) is 18.2 Å². The number of aryl methyl sites for hydroxylation is 1. The van der Waals surface area contributed by atoms with Crippen LogP contribution in [0.5, 0.6) is 0 Å². The molecule has 2 heterocycles. The van der Waals surface area contributed by atoms with Gasteiger partial charge in [0.15, 0.2) is 5.60 Å². The molecule has 0 atom stereocenters. The monoisotopic (exact) mass is 217 g/mol. The Bertz CT molecular complexity index is 461. The van der Waals surface area contributed by atoms with E-state index >= 15 is 0 Å². The van der Waals surface area contributed by atoms with Gasteiger partial charge < -0.3 is 4.74 Å². The van der Waals surface area contributed by atoms with Gasteiger partial charge in [0.25, 0.3) is 0 Å². The summed E-state index contributed by atoms with van der Waals surface area (Å²) in [4.78, 5) is 13.9. The highest BCUT2D eigenvalue weighted by Crippen LogP contribution is 2.43. The topological polar surface area (TPSA) is 29.5 Å². The molecular weight excluding hydrogens is 202 g/mol. The average Bonchev–Trinajstić information content (AvgIpc) is 2.52. The molecule has 0 aromatic heterocycles. The Morgan fingerprint density at radius 2 is 2.19 bits per heavy atom. The lowest BCUT2D eigenvalue weighted by molar-refractivity contribution is -0.0943. The fourth-order valence-electron chi connectivity index (χ4n) is 2.71. The summed E-state index contributed by atoms with van der Waals surface area (Å²) in [6.45, 7) is 3.76. The summed E-state index contributed by atoms with van der Waals surface area (Å²) in [7, 11) is 2.04. The summed E-state index contributed by atoms with van der Waals surface area (Å²) >= 11 is 0.